The molecule has 3 nitrogen and oxygen atoms in total. The molecule has 3 heteroatoms. The Morgan fingerprint density at radius 2 is 1.82 bits per heavy atom. The van der Waals surface area contributed by atoms with Crippen LogP contribution < -0.4 is 5.56 Å². The van der Waals surface area contributed by atoms with Gasteiger partial charge in [0.2, 0.25) is 0 Å². The van der Waals surface area contributed by atoms with Crippen molar-refractivity contribution in [2.45, 2.75) is 20.4 Å². The molecule has 3 rings (SSSR count). The van der Waals surface area contributed by atoms with E-state index in [1.165, 1.54) is 0 Å². The highest BCUT2D eigenvalue weighted by Gasteiger charge is 2.12. The van der Waals surface area contributed by atoms with Crippen LogP contribution in [0.2, 0.25) is 0 Å². The summed E-state index contributed by atoms with van der Waals surface area (Å²) in [4.78, 5) is 12.6. The zero-order valence-corrected chi connectivity index (χ0v) is 12.7. The highest BCUT2D eigenvalue weighted by Crippen LogP contribution is 2.28. The standard InChI is InChI=1S/C19H18NO2/c1-13(2)11-20-12-18(14-6-4-3-5-7-14)17-10-15(21)8-9-16(17)19(20)22/h3-10,13,21H,11H2,1-2H3. The second kappa shape index (κ2) is 5.68. The topological polar surface area (TPSA) is 42.2 Å². The number of fused-ring (bicyclic) bond motifs is 1. The molecule has 1 radical (unpaired) electrons. The van der Waals surface area contributed by atoms with Gasteiger partial charge in [-0.05, 0) is 29.7 Å². The Morgan fingerprint density at radius 3 is 2.50 bits per heavy atom. The van der Waals surface area contributed by atoms with Gasteiger partial charge in [-0.25, -0.2) is 0 Å². The zero-order chi connectivity index (χ0) is 15.7. The molecule has 1 aromatic heterocycles. The van der Waals surface area contributed by atoms with Crippen molar-refractivity contribution in [2.24, 2.45) is 5.92 Å². The molecule has 0 aliphatic carbocycles. The molecule has 0 aliphatic heterocycles. The molecule has 0 saturated heterocycles. The maximum atomic E-state index is 12.6. The molecule has 2 aromatic carbocycles. The third kappa shape index (κ3) is 2.62. The molecule has 3 aromatic rings. The molecule has 0 atom stereocenters. The van der Waals surface area contributed by atoms with E-state index < -0.39 is 0 Å². The summed E-state index contributed by atoms with van der Waals surface area (Å²) in [5, 5.41) is 11.1. The van der Waals surface area contributed by atoms with Gasteiger partial charge < -0.3 is 9.67 Å². The van der Waals surface area contributed by atoms with Crippen LogP contribution in [0.15, 0.2) is 53.3 Å². The van der Waals surface area contributed by atoms with Crippen LogP contribution in [0.1, 0.15) is 13.8 Å². The average molecular weight is 292 g/mol. The van der Waals surface area contributed by atoms with E-state index in [9.17, 15) is 9.90 Å². The van der Waals surface area contributed by atoms with Crippen molar-refractivity contribution in [3.8, 4) is 16.9 Å². The molecule has 0 unspecified atom stereocenters. The number of phenolic OH excluding ortho intramolecular Hbond substituents is 1. The lowest BCUT2D eigenvalue weighted by molar-refractivity contribution is 0.476. The smallest absolute Gasteiger partial charge is 0.258 e. The van der Waals surface area contributed by atoms with E-state index in [-0.39, 0.29) is 11.3 Å². The molecule has 0 fully saturated rings. The van der Waals surface area contributed by atoms with Gasteiger partial charge in [0.1, 0.15) is 5.75 Å². The molecular formula is C19H18NO2. The Balaban J connectivity index is 2.36. The first kappa shape index (κ1) is 14.4. The Hall–Kier alpha value is -2.55. The first-order chi connectivity index (χ1) is 10.6. The van der Waals surface area contributed by atoms with E-state index in [4.69, 9.17) is 0 Å². The highest BCUT2D eigenvalue weighted by molar-refractivity contribution is 5.96. The Bertz CT molecular complexity index is 864. The van der Waals surface area contributed by atoms with Gasteiger partial charge in [-0.2, -0.15) is 0 Å². The van der Waals surface area contributed by atoms with Crippen LogP contribution in [0, 0.1) is 12.1 Å². The minimum atomic E-state index is -0.0663. The van der Waals surface area contributed by atoms with Crippen molar-refractivity contribution >= 4 is 10.8 Å². The van der Waals surface area contributed by atoms with Crippen LogP contribution in [0.25, 0.3) is 21.9 Å². The summed E-state index contributed by atoms with van der Waals surface area (Å²) in [5.74, 6) is 0.506. The molecule has 1 heterocycles. The highest BCUT2D eigenvalue weighted by atomic mass is 16.3. The lowest BCUT2D eigenvalue weighted by Crippen LogP contribution is -2.23. The van der Waals surface area contributed by atoms with Gasteiger partial charge in [0, 0.05) is 22.9 Å². The van der Waals surface area contributed by atoms with E-state index in [1.54, 1.807) is 22.8 Å². The molecule has 0 aliphatic rings. The van der Waals surface area contributed by atoms with Crippen molar-refractivity contribution in [1.29, 1.82) is 0 Å². The lowest BCUT2D eigenvalue weighted by atomic mass is 10.00. The van der Waals surface area contributed by atoms with Crippen LogP contribution in [0.5, 0.6) is 5.75 Å². The largest absolute Gasteiger partial charge is 0.508 e. The van der Waals surface area contributed by atoms with E-state index >= 15 is 0 Å². The molecule has 0 spiro atoms. The third-order valence-electron chi connectivity index (χ3n) is 3.60. The Labute approximate surface area is 129 Å². The molecular weight excluding hydrogens is 274 g/mol. The van der Waals surface area contributed by atoms with Gasteiger partial charge in [-0.3, -0.25) is 4.79 Å². The molecule has 1 N–H and O–H groups in total. The van der Waals surface area contributed by atoms with Crippen molar-refractivity contribution in [3.05, 3.63) is 65.1 Å². The number of aromatic hydroxyl groups is 1. The number of hydrogen-bond acceptors (Lipinski definition) is 2. The lowest BCUT2D eigenvalue weighted by Gasteiger charge is -2.13. The monoisotopic (exact) mass is 292 g/mol. The van der Waals surface area contributed by atoms with Gasteiger partial charge in [0.05, 0.1) is 6.20 Å². The van der Waals surface area contributed by atoms with E-state index in [1.807, 2.05) is 30.3 Å². The number of hydrogen-bond donors (Lipinski definition) is 1. The fourth-order valence-corrected chi connectivity index (χ4v) is 2.64. The van der Waals surface area contributed by atoms with Crippen LogP contribution >= 0.6 is 0 Å². The van der Waals surface area contributed by atoms with Crippen molar-refractivity contribution in [2.75, 3.05) is 0 Å². The summed E-state index contributed by atoms with van der Waals surface area (Å²) in [6, 6.07) is 14.7. The first-order valence-electron chi connectivity index (χ1n) is 7.40. The SMILES string of the molecule is CC(C)Cn1[c]c(-c2ccccc2)c2cc(O)ccc2c1=O. The van der Waals surface area contributed by atoms with E-state index in [2.05, 4.69) is 20.0 Å². The van der Waals surface area contributed by atoms with Crippen LogP contribution in [-0.4, -0.2) is 9.67 Å². The summed E-state index contributed by atoms with van der Waals surface area (Å²) in [5.41, 5.74) is 1.76. The van der Waals surface area contributed by atoms with E-state index in [0.717, 1.165) is 16.5 Å². The number of nitrogens with zero attached hydrogens (tertiary/aromatic N) is 1. The predicted molar refractivity (Wildman–Crippen MR) is 89.0 cm³/mol. The second-order valence-corrected chi connectivity index (χ2v) is 5.89. The number of pyridine rings is 1. The van der Waals surface area contributed by atoms with Crippen LogP contribution in [0.3, 0.4) is 0 Å². The molecule has 0 bridgehead atoms. The normalized spacial score (nSPS) is 11.2. The maximum absolute atomic E-state index is 12.6. The zero-order valence-electron chi connectivity index (χ0n) is 12.7. The van der Waals surface area contributed by atoms with Crippen LogP contribution in [0.4, 0.5) is 0 Å². The van der Waals surface area contributed by atoms with Crippen molar-refractivity contribution < 1.29 is 5.11 Å². The number of rotatable bonds is 3. The number of phenols is 1. The number of benzene rings is 2. The van der Waals surface area contributed by atoms with Crippen molar-refractivity contribution in [1.82, 2.24) is 4.57 Å². The Morgan fingerprint density at radius 1 is 1.09 bits per heavy atom. The van der Waals surface area contributed by atoms with E-state index in [0.29, 0.717) is 17.8 Å². The van der Waals surface area contributed by atoms with Gasteiger partial charge in [0.25, 0.3) is 5.56 Å². The second-order valence-electron chi connectivity index (χ2n) is 5.89. The molecule has 22 heavy (non-hydrogen) atoms. The molecule has 0 saturated carbocycles. The minimum Gasteiger partial charge on any atom is -0.508 e. The summed E-state index contributed by atoms with van der Waals surface area (Å²) < 4.78 is 1.65. The number of aromatic nitrogens is 1. The molecule has 111 valence electrons. The average Bonchev–Trinajstić information content (AvgIpc) is 2.50. The van der Waals surface area contributed by atoms with Gasteiger partial charge in [0.15, 0.2) is 0 Å². The van der Waals surface area contributed by atoms with Gasteiger partial charge in [-0.1, -0.05) is 44.2 Å². The fourth-order valence-electron chi connectivity index (χ4n) is 2.64. The third-order valence-corrected chi connectivity index (χ3v) is 3.60. The quantitative estimate of drug-likeness (QED) is 0.797. The van der Waals surface area contributed by atoms with Crippen LogP contribution in [-0.2, 0) is 6.54 Å². The summed E-state index contributed by atoms with van der Waals surface area (Å²) in [6.45, 7) is 4.77. The first-order valence-corrected chi connectivity index (χ1v) is 7.40. The Kier molecular flexibility index (Phi) is 3.72. The summed E-state index contributed by atoms with van der Waals surface area (Å²) in [7, 11) is 0. The van der Waals surface area contributed by atoms with Crippen molar-refractivity contribution in [3.63, 3.8) is 0 Å². The predicted octanol–water partition coefficient (Wildman–Crippen LogP) is 3.83. The summed E-state index contributed by atoms with van der Waals surface area (Å²) >= 11 is 0. The summed E-state index contributed by atoms with van der Waals surface area (Å²) in [6.07, 6.45) is 3.22. The van der Waals surface area contributed by atoms with Gasteiger partial charge >= 0.3 is 0 Å². The van der Waals surface area contributed by atoms with Gasteiger partial charge in [-0.15, -0.1) is 0 Å². The maximum Gasteiger partial charge on any atom is 0.258 e. The minimum absolute atomic E-state index is 0.0663. The fraction of sp³-hybridized carbons (Fsp3) is 0.211. The molecule has 0 amide bonds.